The van der Waals surface area contributed by atoms with Gasteiger partial charge in [-0.05, 0) is 31.0 Å². The quantitative estimate of drug-likeness (QED) is 0.517. The average molecular weight is 435 g/mol. The molecule has 0 amide bonds. The Bertz CT molecular complexity index is 965. The molecule has 168 valence electrons. The highest BCUT2D eigenvalue weighted by Crippen LogP contribution is 2.29. The van der Waals surface area contributed by atoms with Crippen LogP contribution >= 0.6 is 0 Å². The molecule has 3 aromatic heterocycles. The van der Waals surface area contributed by atoms with E-state index in [1.54, 1.807) is 0 Å². The summed E-state index contributed by atoms with van der Waals surface area (Å²) in [5.41, 5.74) is -0.272. The number of hydrogen-bond acceptors (Lipinski definition) is 5. The molecule has 9 heteroatoms. The molecule has 0 atom stereocenters. The number of carbonyl (C=O) groups excluding carboxylic acids is 1. The minimum atomic E-state index is -4.49. The van der Waals surface area contributed by atoms with Crippen LogP contribution in [0.5, 0.6) is 0 Å². The number of nitrogens with zero attached hydrogens (tertiary/aromatic N) is 4. The highest BCUT2D eigenvalue weighted by molar-refractivity contribution is 5.79. The SMILES string of the molecule is CC.CNc1cc2cn(C3CCCCC3)nc2cn1.O=Cc1cccc(C(F)(F)F)n1. The van der Waals surface area contributed by atoms with E-state index < -0.39 is 11.9 Å². The van der Waals surface area contributed by atoms with Crippen molar-refractivity contribution in [1.82, 2.24) is 19.7 Å². The molecule has 1 aliphatic rings. The number of hydrogen-bond donors (Lipinski definition) is 1. The summed E-state index contributed by atoms with van der Waals surface area (Å²) in [5.74, 6) is 0.903. The largest absolute Gasteiger partial charge is 0.433 e. The summed E-state index contributed by atoms with van der Waals surface area (Å²) >= 11 is 0. The van der Waals surface area contributed by atoms with Gasteiger partial charge in [0.25, 0.3) is 0 Å². The van der Waals surface area contributed by atoms with Gasteiger partial charge in [-0.2, -0.15) is 18.3 Å². The van der Waals surface area contributed by atoms with Crippen molar-refractivity contribution in [3.05, 3.63) is 48.0 Å². The second-order valence-electron chi connectivity index (χ2n) is 6.84. The van der Waals surface area contributed by atoms with E-state index in [0.717, 1.165) is 23.5 Å². The van der Waals surface area contributed by atoms with Crippen LogP contribution in [0.1, 0.15) is 68.2 Å². The van der Waals surface area contributed by atoms with Gasteiger partial charge in [-0.15, -0.1) is 0 Å². The molecule has 1 fully saturated rings. The normalized spacial score (nSPS) is 14.1. The first-order valence-corrected chi connectivity index (χ1v) is 10.4. The maximum Gasteiger partial charge on any atom is 0.433 e. The predicted octanol–water partition coefficient (Wildman–Crippen LogP) is 5.92. The van der Waals surface area contributed by atoms with E-state index in [0.29, 0.717) is 6.04 Å². The summed E-state index contributed by atoms with van der Waals surface area (Å²) in [5, 5.41) is 8.87. The summed E-state index contributed by atoms with van der Waals surface area (Å²) in [6, 6.07) is 5.81. The molecule has 4 rings (SSSR count). The molecule has 0 spiro atoms. The van der Waals surface area contributed by atoms with Gasteiger partial charge in [0.05, 0.1) is 12.2 Å². The number of pyridine rings is 2. The van der Waals surface area contributed by atoms with Gasteiger partial charge in [-0.25, -0.2) is 9.97 Å². The van der Waals surface area contributed by atoms with Crippen LogP contribution < -0.4 is 5.32 Å². The second-order valence-corrected chi connectivity index (χ2v) is 6.84. The van der Waals surface area contributed by atoms with E-state index in [2.05, 4.69) is 37.3 Å². The molecular formula is C22H28F3N5O. The molecule has 1 N–H and O–H groups in total. The van der Waals surface area contributed by atoms with E-state index in [1.165, 1.54) is 43.6 Å². The number of fused-ring (bicyclic) bond motifs is 1. The van der Waals surface area contributed by atoms with Crippen molar-refractivity contribution in [3.8, 4) is 0 Å². The van der Waals surface area contributed by atoms with Crippen LogP contribution in [-0.2, 0) is 6.18 Å². The first-order chi connectivity index (χ1) is 14.9. The lowest BCUT2D eigenvalue weighted by Gasteiger charge is -2.21. The van der Waals surface area contributed by atoms with Crippen molar-refractivity contribution >= 4 is 23.0 Å². The van der Waals surface area contributed by atoms with E-state index in [4.69, 9.17) is 0 Å². The summed E-state index contributed by atoms with van der Waals surface area (Å²) in [6.45, 7) is 4.00. The number of aromatic nitrogens is 4. The Balaban J connectivity index is 0.000000216. The Morgan fingerprint density at radius 1 is 1.16 bits per heavy atom. The molecule has 3 heterocycles. The third-order valence-corrected chi connectivity index (χ3v) is 4.80. The van der Waals surface area contributed by atoms with Crippen molar-refractivity contribution in [2.75, 3.05) is 12.4 Å². The van der Waals surface area contributed by atoms with Crippen LogP contribution in [0.3, 0.4) is 0 Å². The zero-order valence-electron chi connectivity index (χ0n) is 18.0. The fourth-order valence-corrected chi connectivity index (χ4v) is 3.29. The molecule has 0 aliphatic heterocycles. The number of carbonyl (C=O) groups is 1. The van der Waals surface area contributed by atoms with Crippen molar-refractivity contribution in [1.29, 1.82) is 0 Å². The van der Waals surface area contributed by atoms with E-state index >= 15 is 0 Å². The van der Waals surface area contributed by atoms with Crippen LogP contribution in [-0.4, -0.2) is 33.1 Å². The monoisotopic (exact) mass is 435 g/mol. The average Bonchev–Trinajstić information content (AvgIpc) is 3.24. The zero-order valence-corrected chi connectivity index (χ0v) is 18.0. The standard InChI is InChI=1S/C13H18N4.C7H4F3NO.C2H6/c1-14-13-7-10-9-17(16-12(10)8-15-13)11-5-3-2-4-6-11;8-7(9,10)6-3-1-2-5(4-12)11-6;1-2/h7-9,11,14H,2-6H2,1H3;1-4H;1-2H3. The number of aldehydes is 1. The summed E-state index contributed by atoms with van der Waals surface area (Å²) in [4.78, 5) is 17.4. The Labute approximate surface area is 179 Å². The minimum Gasteiger partial charge on any atom is -0.373 e. The van der Waals surface area contributed by atoms with Crippen molar-refractivity contribution in [2.24, 2.45) is 0 Å². The molecule has 0 unspecified atom stereocenters. The van der Waals surface area contributed by atoms with Crippen molar-refractivity contribution < 1.29 is 18.0 Å². The maximum atomic E-state index is 11.9. The summed E-state index contributed by atoms with van der Waals surface area (Å²) in [7, 11) is 1.89. The number of nitrogens with one attached hydrogen (secondary N) is 1. The predicted molar refractivity (Wildman–Crippen MR) is 115 cm³/mol. The van der Waals surface area contributed by atoms with E-state index in [1.807, 2.05) is 27.1 Å². The summed E-state index contributed by atoms with van der Waals surface area (Å²) in [6.07, 6.45) is 6.37. The molecule has 6 nitrogen and oxygen atoms in total. The van der Waals surface area contributed by atoms with Crippen LogP contribution in [0.4, 0.5) is 19.0 Å². The Kier molecular flexibility index (Phi) is 8.96. The van der Waals surface area contributed by atoms with Crippen LogP contribution in [0.2, 0.25) is 0 Å². The topological polar surface area (TPSA) is 72.7 Å². The molecule has 3 aromatic rings. The van der Waals surface area contributed by atoms with Gasteiger partial charge in [0.2, 0.25) is 0 Å². The lowest BCUT2D eigenvalue weighted by molar-refractivity contribution is -0.141. The van der Waals surface area contributed by atoms with Crippen molar-refractivity contribution in [2.45, 2.75) is 58.2 Å². The van der Waals surface area contributed by atoms with Crippen LogP contribution in [0.15, 0.2) is 36.7 Å². The number of alkyl halides is 3. The lowest BCUT2D eigenvalue weighted by atomic mass is 9.96. The zero-order chi connectivity index (χ0) is 22.9. The molecule has 31 heavy (non-hydrogen) atoms. The van der Waals surface area contributed by atoms with Crippen LogP contribution in [0, 0.1) is 0 Å². The second kappa shape index (κ2) is 11.4. The number of halogens is 3. The molecule has 1 saturated carbocycles. The highest BCUT2D eigenvalue weighted by atomic mass is 19.4. The molecular weight excluding hydrogens is 407 g/mol. The van der Waals surface area contributed by atoms with Gasteiger partial charge in [-0.3, -0.25) is 9.48 Å². The first kappa shape index (κ1) is 24.3. The molecule has 0 radical (unpaired) electrons. The lowest BCUT2D eigenvalue weighted by Crippen LogP contribution is -2.12. The smallest absolute Gasteiger partial charge is 0.373 e. The molecule has 1 aliphatic carbocycles. The minimum absolute atomic E-state index is 0.218. The Hall–Kier alpha value is -2.97. The third-order valence-electron chi connectivity index (χ3n) is 4.80. The maximum absolute atomic E-state index is 11.9. The fraction of sp³-hybridized carbons (Fsp3) is 0.455. The van der Waals surface area contributed by atoms with Gasteiger partial charge in [0.15, 0.2) is 6.29 Å². The number of rotatable bonds is 3. The van der Waals surface area contributed by atoms with Crippen LogP contribution in [0.25, 0.3) is 10.9 Å². The molecule has 0 bridgehead atoms. The van der Waals surface area contributed by atoms with E-state index in [-0.39, 0.29) is 12.0 Å². The summed E-state index contributed by atoms with van der Waals surface area (Å²) < 4.78 is 37.9. The molecule has 0 aromatic carbocycles. The van der Waals surface area contributed by atoms with Gasteiger partial charge in [0, 0.05) is 18.6 Å². The highest BCUT2D eigenvalue weighted by Gasteiger charge is 2.32. The van der Waals surface area contributed by atoms with Crippen molar-refractivity contribution in [3.63, 3.8) is 0 Å². The van der Waals surface area contributed by atoms with Gasteiger partial charge in [-0.1, -0.05) is 39.2 Å². The van der Waals surface area contributed by atoms with Gasteiger partial charge in [0.1, 0.15) is 22.7 Å². The first-order valence-electron chi connectivity index (χ1n) is 10.4. The third kappa shape index (κ3) is 6.77. The van der Waals surface area contributed by atoms with E-state index in [9.17, 15) is 18.0 Å². The Morgan fingerprint density at radius 3 is 2.48 bits per heavy atom. The van der Waals surface area contributed by atoms with Gasteiger partial charge < -0.3 is 5.32 Å². The van der Waals surface area contributed by atoms with Gasteiger partial charge >= 0.3 is 6.18 Å². The molecule has 0 saturated heterocycles. The number of anilines is 1. The Morgan fingerprint density at radius 2 is 1.87 bits per heavy atom. The fourth-order valence-electron chi connectivity index (χ4n) is 3.29.